The monoisotopic (exact) mass is 439 g/mol. The molecule has 0 saturated carbocycles. The average molecular weight is 440 g/mol. The summed E-state index contributed by atoms with van der Waals surface area (Å²) in [4.78, 5) is 29.0. The minimum Gasteiger partial charge on any atom is -0.340 e. The van der Waals surface area contributed by atoms with Gasteiger partial charge in [0.05, 0.1) is 24.3 Å². The molecule has 1 aliphatic rings. The van der Waals surface area contributed by atoms with Gasteiger partial charge in [-0.1, -0.05) is 29.5 Å². The number of rotatable bonds is 6. The van der Waals surface area contributed by atoms with E-state index in [2.05, 4.69) is 20.6 Å². The van der Waals surface area contributed by atoms with E-state index in [1.54, 1.807) is 5.51 Å². The number of aromatic nitrogens is 4. The van der Waals surface area contributed by atoms with E-state index in [0.717, 1.165) is 22.6 Å². The number of para-hydroxylation sites is 1. The smallest absolute Gasteiger partial charge is 0.240 e. The van der Waals surface area contributed by atoms with Crippen LogP contribution < -0.4 is 5.32 Å². The number of amides is 2. The number of nitrogens with one attached hydrogen (secondary N) is 1. The third kappa shape index (κ3) is 4.97. The number of hydrogen-bond acceptors (Lipinski definition) is 7. The molecule has 0 spiro atoms. The van der Waals surface area contributed by atoms with Gasteiger partial charge in [-0.15, -0.1) is 10.2 Å². The molecule has 4 rings (SSSR count). The van der Waals surface area contributed by atoms with Crippen molar-refractivity contribution in [2.24, 2.45) is 0 Å². The van der Waals surface area contributed by atoms with Crippen LogP contribution in [-0.4, -0.2) is 74.3 Å². The van der Waals surface area contributed by atoms with Crippen LogP contribution in [0.25, 0.3) is 5.69 Å². The molecule has 31 heavy (non-hydrogen) atoms. The Hall–Kier alpha value is -3.11. The highest BCUT2D eigenvalue weighted by atomic mass is 32.1. The Balaban J connectivity index is 1.31. The SMILES string of the molecule is Cc1nn(-c2ccccc2)c(C)c1CC(=O)N1CCN(CC(=O)Nc2nncs2)CC1. The molecule has 162 valence electrons. The Morgan fingerprint density at radius 1 is 1.10 bits per heavy atom. The van der Waals surface area contributed by atoms with Gasteiger partial charge in [-0.25, -0.2) is 4.68 Å². The van der Waals surface area contributed by atoms with Crippen molar-refractivity contribution in [1.29, 1.82) is 0 Å². The second kappa shape index (κ2) is 9.36. The molecule has 9 nitrogen and oxygen atoms in total. The van der Waals surface area contributed by atoms with Crippen molar-refractivity contribution in [3.8, 4) is 5.69 Å². The van der Waals surface area contributed by atoms with Gasteiger partial charge in [-0.3, -0.25) is 19.8 Å². The highest BCUT2D eigenvalue weighted by Crippen LogP contribution is 2.19. The van der Waals surface area contributed by atoms with Crippen molar-refractivity contribution in [3.63, 3.8) is 0 Å². The molecule has 1 aliphatic heterocycles. The third-order valence-electron chi connectivity index (χ3n) is 5.47. The van der Waals surface area contributed by atoms with Crippen molar-refractivity contribution < 1.29 is 9.59 Å². The third-order valence-corrected chi connectivity index (χ3v) is 6.08. The molecular weight excluding hydrogens is 414 g/mol. The molecule has 3 aromatic rings. The van der Waals surface area contributed by atoms with Crippen LogP contribution in [0.5, 0.6) is 0 Å². The van der Waals surface area contributed by atoms with Gasteiger partial charge in [0.15, 0.2) is 0 Å². The molecule has 0 atom stereocenters. The molecule has 0 bridgehead atoms. The summed E-state index contributed by atoms with van der Waals surface area (Å²) in [5.41, 5.74) is 5.41. The first-order valence-corrected chi connectivity index (χ1v) is 11.1. The first kappa shape index (κ1) is 21.1. The maximum absolute atomic E-state index is 12.9. The van der Waals surface area contributed by atoms with E-state index in [4.69, 9.17) is 0 Å². The van der Waals surface area contributed by atoms with E-state index in [9.17, 15) is 9.59 Å². The van der Waals surface area contributed by atoms with Gasteiger partial charge in [0.25, 0.3) is 0 Å². The van der Waals surface area contributed by atoms with Gasteiger partial charge in [0.1, 0.15) is 5.51 Å². The predicted molar refractivity (Wildman–Crippen MR) is 118 cm³/mol. The van der Waals surface area contributed by atoms with E-state index in [1.807, 2.05) is 58.7 Å². The molecule has 1 aromatic carbocycles. The lowest BCUT2D eigenvalue weighted by Crippen LogP contribution is -2.50. The molecule has 2 amide bonds. The molecule has 10 heteroatoms. The quantitative estimate of drug-likeness (QED) is 0.628. The number of carbonyl (C=O) groups is 2. The summed E-state index contributed by atoms with van der Waals surface area (Å²) >= 11 is 1.29. The van der Waals surface area contributed by atoms with Crippen LogP contribution in [-0.2, 0) is 16.0 Å². The molecule has 2 aromatic heterocycles. The van der Waals surface area contributed by atoms with Crippen LogP contribution in [0, 0.1) is 13.8 Å². The lowest BCUT2D eigenvalue weighted by Gasteiger charge is -2.34. The fraction of sp³-hybridized carbons (Fsp3) is 0.381. The Labute approximate surface area is 184 Å². The molecule has 1 saturated heterocycles. The fourth-order valence-electron chi connectivity index (χ4n) is 3.76. The second-order valence-electron chi connectivity index (χ2n) is 7.52. The van der Waals surface area contributed by atoms with E-state index >= 15 is 0 Å². The second-order valence-corrected chi connectivity index (χ2v) is 8.36. The Morgan fingerprint density at radius 2 is 1.84 bits per heavy atom. The minimum absolute atomic E-state index is 0.0942. The van der Waals surface area contributed by atoms with Crippen molar-refractivity contribution in [1.82, 2.24) is 29.8 Å². The van der Waals surface area contributed by atoms with Crippen molar-refractivity contribution in [3.05, 3.63) is 52.8 Å². The number of anilines is 1. The van der Waals surface area contributed by atoms with Crippen LogP contribution in [0.4, 0.5) is 5.13 Å². The standard InChI is InChI=1S/C21H25N7O2S/c1-15-18(16(2)28(25-15)17-6-4-3-5-7-17)12-20(30)27-10-8-26(9-11-27)13-19(29)23-21-24-22-14-31-21/h3-7,14H,8-13H2,1-2H3,(H,23,24,29). The zero-order chi connectivity index (χ0) is 21.8. The molecule has 0 unspecified atom stereocenters. The van der Waals surface area contributed by atoms with E-state index in [-0.39, 0.29) is 18.4 Å². The summed E-state index contributed by atoms with van der Waals surface area (Å²) in [5.74, 6) is -0.0205. The van der Waals surface area contributed by atoms with Gasteiger partial charge in [-0.05, 0) is 26.0 Å². The van der Waals surface area contributed by atoms with Crippen LogP contribution in [0.2, 0.25) is 0 Å². The number of carbonyl (C=O) groups excluding carboxylic acids is 2. The van der Waals surface area contributed by atoms with Gasteiger partial charge >= 0.3 is 0 Å². The summed E-state index contributed by atoms with van der Waals surface area (Å²) in [7, 11) is 0. The van der Waals surface area contributed by atoms with Crippen LogP contribution in [0.1, 0.15) is 17.0 Å². The Bertz CT molecular complexity index is 1040. The maximum Gasteiger partial charge on any atom is 0.240 e. The lowest BCUT2D eigenvalue weighted by molar-refractivity contribution is -0.132. The highest BCUT2D eigenvalue weighted by Gasteiger charge is 2.24. The van der Waals surface area contributed by atoms with Crippen molar-refractivity contribution >= 4 is 28.3 Å². The number of aryl methyl sites for hydroxylation is 1. The molecule has 1 fully saturated rings. The number of hydrogen-bond donors (Lipinski definition) is 1. The summed E-state index contributed by atoms with van der Waals surface area (Å²) in [6.45, 7) is 6.77. The zero-order valence-electron chi connectivity index (χ0n) is 17.6. The van der Waals surface area contributed by atoms with Gasteiger partial charge in [0.2, 0.25) is 16.9 Å². The summed E-state index contributed by atoms with van der Waals surface area (Å²) in [6.07, 6.45) is 0.335. The van der Waals surface area contributed by atoms with Crippen molar-refractivity contribution in [2.75, 3.05) is 38.0 Å². The molecular formula is C21H25N7O2S. The summed E-state index contributed by atoms with van der Waals surface area (Å²) in [6, 6.07) is 9.93. The predicted octanol–water partition coefficient (Wildman–Crippen LogP) is 1.67. The largest absolute Gasteiger partial charge is 0.340 e. The van der Waals surface area contributed by atoms with Crippen LogP contribution in [0.3, 0.4) is 0 Å². The number of benzene rings is 1. The molecule has 1 N–H and O–H groups in total. The van der Waals surface area contributed by atoms with Gasteiger partial charge in [0, 0.05) is 37.4 Å². The van der Waals surface area contributed by atoms with Gasteiger partial charge in [-0.2, -0.15) is 5.10 Å². The van der Waals surface area contributed by atoms with Crippen molar-refractivity contribution in [2.45, 2.75) is 20.3 Å². The number of nitrogens with zero attached hydrogens (tertiary/aromatic N) is 6. The molecule has 0 radical (unpaired) electrons. The highest BCUT2D eigenvalue weighted by molar-refractivity contribution is 7.13. The maximum atomic E-state index is 12.9. The first-order valence-electron chi connectivity index (χ1n) is 10.2. The van der Waals surface area contributed by atoms with Crippen LogP contribution >= 0.6 is 11.3 Å². The fourth-order valence-corrected chi connectivity index (χ4v) is 4.22. The molecule has 3 heterocycles. The topological polar surface area (TPSA) is 96.2 Å². The number of piperazine rings is 1. The van der Waals surface area contributed by atoms with Gasteiger partial charge < -0.3 is 4.90 Å². The lowest BCUT2D eigenvalue weighted by atomic mass is 10.1. The zero-order valence-corrected chi connectivity index (χ0v) is 18.4. The van der Waals surface area contributed by atoms with E-state index in [0.29, 0.717) is 37.7 Å². The van der Waals surface area contributed by atoms with Crippen LogP contribution in [0.15, 0.2) is 35.8 Å². The Morgan fingerprint density at radius 3 is 2.52 bits per heavy atom. The van der Waals surface area contributed by atoms with E-state index < -0.39 is 0 Å². The summed E-state index contributed by atoms with van der Waals surface area (Å²) in [5, 5.41) is 15.4. The summed E-state index contributed by atoms with van der Waals surface area (Å²) < 4.78 is 1.90. The van der Waals surface area contributed by atoms with E-state index in [1.165, 1.54) is 11.3 Å². The minimum atomic E-state index is -0.115. The molecule has 0 aliphatic carbocycles. The normalized spacial score (nSPS) is 14.6. The average Bonchev–Trinajstić information content (AvgIpc) is 3.38. The Kier molecular flexibility index (Phi) is 6.38. The first-order chi connectivity index (χ1) is 15.0.